The highest BCUT2D eigenvalue weighted by Crippen LogP contribution is 2.36. The molecule has 0 atom stereocenters. The molecule has 7 heteroatoms. The minimum Gasteiger partial charge on any atom is -0.497 e. The topological polar surface area (TPSA) is 81.3 Å². The summed E-state index contributed by atoms with van der Waals surface area (Å²) in [6.45, 7) is 0. The molecule has 0 fully saturated rings. The number of benzene rings is 2. The molecule has 0 aliphatic heterocycles. The number of methoxy groups -OCH3 is 3. The molecule has 26 heavy (non-hydrogen) atoms. The Balaban J connectivity index is 1.86. The molecule has 0 radical (unpaired) electrons. The first-order chi connectivity index (χ1) is 12.7. The maximum atomic E-state index is 5.41. The summed E-state index contributed by atoms with van der Waals surface area (Å²) in [5.74, 6) is 2.76. The van der Waals surface area contributed by atoms with E-state index in [1.165, 1.54) is 0 Å². The number of fused-ring (bicyclic) bond motifs is 3. The first-order valence-electron chi connectivity index (χ1n) is 8.03. The number of H-pyrrole nitrogens is 1. The first kappa shape index (κ1) is 16.0. The molecule has 7 nitrogen and oxygen atoms in total. The Bertz CT molecular complexity index is 1070. The molecule has 2 aromatic heterocycles. The average Bonchev–Trinajstić information content (AvgIpc) is 3.18. The zero-order chi connectivity index (χ0) is 18.1. The Labute approximate surface area is 149 Å². The molecule has 0 aliphatic carbocycles. The zero-order valence-corrected chi connectivity index (χ0v) is 14.7. The third kappa shape index (κ3) is 2.63. The maximum Gasteiger partial charge on any atom is 0.162 e. The lowest BCUT2D eigenvalue weighted by atomic mass is 10.1. The summed E-state index contributed by atoms with van der Waals surface area (Å²) in [4.78, 5) is 4.75. The number of hydrogen-bond acceptors (Lipinski definition) is 6. The van der Waals surface area contributed by atoms with Gasteiger partial charge < -0.3 is 19.5 Å². The van der Waals surface area contributed by atoms with Crippen molar-refractivity contribution in [2.24, 2.45) is 0 Å². The van der Waals surface area contributed by atoms with Gasteiger partial charge in [-0.15, -0.1) is 0 Å². The van der Waals surface area contributed by atoms with E-state index < -0.39 is 0 Å². The highest BCUT2D eigenvalue weighted by molar-refractivity contribution is 6.09. The van der Waals surface area contributed by atoms with Crippen molar-refractivity contribution in [2.45, 2.75) is 0 Å². The predicted molar refractivity (Wildman–Crippen MR) is 101 cm³/mol. The number of rotatable bonds is 5. The number of pyridine rings is 1. The second-order valence-electron chi connectivity index (χ2n) is 5.70. The number of anilines is 2. The molecule has 0 spiro atoms. The summed E-state index contributed by atoms with van der Waals surface area (Å²) < 4.78 is 16.0. The van der Waals surface area contributed by atoms with Crippen LogP contribution in [0.5, 0.6) is 17.2 Å². The Morgan fingerprint density at radius 3 is 2.31 bits per heavy atom. The molecule has 0 unspecified atom stereocenters. The fraction of sp³-hybridized carbons (Fsp3) is 0.158. The van der Waals surface area contributed by atoms with Gasteiger partial charge in [-0.25, -0.2) is 4.98 Å². The van der Waals surface area contributed by atoms with E-state index in [1.807, 2.05) is 36.4 Å². The minimum absolute atomic E-state index is 0.630. The molecule has 2 N–H and O–H groups in total. The molecular weight excluding hydrogens is 332 g/mol. The lowest BCUT2D eigenvalue weighted by molar-refractivity contribution is 0.356. The van der Waals surface area contributed by atoms with Crippen molar-refractivity contribution in [3.63, 3.8) is 0 Å². The van der Waals surface area contributed by atoms with Crippen LogP contribution in [-0.2, 0) is 0 Å². The van der Waals surface area contributed by atoms with Crippen LogP contribution in [0.25, 0.3) is 21.8 Å². The number of nitrogens with zero attached hydrogens (tertiary/aromatic N) is 2. The second kappa shape index (κ2) is 6.44. The second-order valence-corrected chi connectivity index (χ2v) is 5.70. The predicted octanol–water partition coefficient (Wildman–Crippen LogP) is 3.88. The monoisotopic (exact) mass is 350 g/mol. The van der Waals surface area contributed by atoms with Crippen LogP contribution in [0.3, 0.4) is 0 Å². The van der Waals surface area contributed by atoms with Gasteiger partial charge in [-0.3, -0.25) is 5.10 Å². The molecule has 0 saturated carbocycles. The molecule has 4 aromatic rings. The van der Waals surface area contributed by atoms with Gasteiger partial charge in [0.1, 0.15) is 11.3 Å². The van der Waals surface area contributed by atoms with Crippen molar-refractivity contribution in [1.29, 1.82) is 0 Å². The van der Waals surface area contributed by atoms with Crippen LogP contribution in [-0.4, -0.2) is 36.5 Å². The maximum absolute atomic E-state index is 5.41. The van der Waals surface area contributed by atoms with Crippen LogP contribution >= 0.6 is 0 Å². The average molecular weight is 350 g/mol. The third-order valence-corrected chi connectivity index (χ3v) is 4.25. The van der Waals surface area contributed by atoms with Gasteiger partial charge in [-0.05, 0) is 30.3 Å². The SMILES string of the molecule is COc1ccc(Nc2nc3cc(OC)c(OC)cc3c3cn[nH]c23)cc1. The van der Waals surface area contributed by atoms with Crippen LogP contribution < -0.4 is 19.5 Å². The van der Waals surface area contributed by atoms with Crippen LogP contribution in [0.4, 0.5) is 11.5 Å². The molecule has 2 aromatic carbocycles. The Kier molecular flexibility index (Phi) is 3.96. The number of nitrogens with one attached hydrogen (secondary N) is 2. The van der Waals surface area contributed by atoms with E-state index in [4.69, 9.17) is 19.2 Å². The van der Waals surface area contributed by atoms with Gasteiger partial charge in [-0.1, -0.05) is 0 Å². The standard InChI is InChI=1S/C19H18N4O3/c1-24-12-6-4-11(5-7-12)21-19-18-14(10-20-23-18)13-8-16(25-2)17(26-3)9-15(13)22-19/h4-10H,1-3H3,(H,20,23)(H,21,22). The van der Waals surface area contributed by atoms with Crippen molar-refractivity contribution in [1.82, 2.24) is 15.2 Å². The normalized spacial score (nSPS) is 10.9. The van der Waals surface area contributed by atoms with Gasteiger partial charge in [-0.2, -0.15) is 5.10 Å². The zero-order valence-electron chi connectivity index (χ0n) is 14.7. The van der Waals surface area contributed by atoms with E-state index in [0.29, 0.717) is 17.3 Å². The molecule has 0 aliphatic rings. The van der Waals surface area contributed by atoms with Crippen molar-refractivity contribution in [2.75, 3.05) is 26.6 Å². The molecule has 132 valence electrons. The van der Waals surface area contributed by atoms with Crippen LogP contribution in [0.1, 0.15) is 0 Å². The van der Waals surface area contributed by atoms with Gasteiger partial charge >= 0.3 is 0 Å². The van der Waals surface area contributed by atoms with Crippen LogP contribution in [0.2, 0.25) is 0 Å². The van der Waals surface area contributed by atoms with E-state index in [0.717, 1.165) is 33.2 Å². The molecule has 4 rings (SSSR count). The van der Waals surface area contributed by atoms with E-state index in [1.54, 1.807) is 27.5 Å². The molecular formula is C19H18N4O3. The quantitative estimate of drug-likeness (QED) is 0.568. The smallest absolute Gasteiger partial charge is 0.162 e. The fourth-order valence-electron chi connectivity index (χ4n) is 2.93. The minimum atomic E-state index is 0.630. The van der Waals surface area contributed by atoms with E-state index >= 15 is 0 Å². The number of aromatic amines is 1. The Morgan fingerprint density at radius 1 is 0.885 bits per heavy atom. The number of aromatic nitrogens is 3. The largest absolute Gasteiger partial charge is 0.497 e. The summed E-state index contributed by atoms with van der Waals surface area (Å²) >= 11 is 0. The van der Waals surface area contributed by atoms with Gasteiger partial charge in [0.15, 0.2) is 17.3 Å². The van der Waals surface area contributed by atoms with Gasteiger partial charge in [0.05, 0.1) is 33.0 Å². The van der Waals surface area contributed by atoms with Crippen LogP contribution in [0, 0.1) is 0 Å². The van der Waals surface area contributed by atoms with Crippen molar-refractivity contribution >= 4 is 33.3 Å². The number of ether oxygens (including phenoxy) is 3. The van der Waals surface area contributed by atoms with Gasteiger partial charge in [0.25, 0.3) is 0 Å². The summed E-state index contributed by atoms with van der Waals surface area (Å²) in [6, 6.07) is 11.4. The molecule has 0 amide bonds. The Hall–Kier alpha value is -3.48. The summed E-state index contributed by atoms with van der Waals surface area (Å²) in [5, 5.41) is 12.4. The lowest BCUT2D eigenvalue weighted by Crippen LogP contribution is -1.97. The van der Waals surface area contributed by atoms with Gasteiger partial charge in [0, 0.05) is 22.5 Å². The lowest BCUT2D eigenvalue weighted by Gasteiger charge is -2.12. The molecule has 0 saturated heterocycles. The van der Waals surface area contributed by atoms with E-state index in [-0.39, 0.29) is 0 Å². The summed E-state index contributed by atoms with van der Waals surface area (Å²) in [5.41, 5.74) is 2.50. The number of hydrogen-bond donors (Lipinski definition) is 2. The Morgan fingerprint density at radius 2 is 1.62 bits per heavy atom. The summed E-state index contributed by atoms with van der Waals surface area (Å²) in [7, 11) is 4.86. The highest BCUT2D eigenvalue weighted by Gasteiger charge is 2.14. The fourth-order valence-corrected chi connectivity index (χ4v) is 2.93. The highest BCUT2D eigenvalue weighted by atomic mass is 16.5. The first-order valence-corrected chi connectivity index (χ1v) is 8.03. The van der Waals surface area contributed by atoms with Crippen molar-refractivity contribution < 1.29 is 14.2 Å². The van der Waals surface area contributed by atoms with Crippen molar-refractivity contribution in [3.05, 3.63) is 42.6 Å². The van der Waals surface area contributed by atoms with E-state index in [9.17, 15) is 0 Å². The van der Waals surface area contributed by atoms with Crippen molar-refractivity contribution in [3.8, 4) is 17.2 Å². The van der Waals surface area contributed by atoms with E-state index in [2.05, 4.69) is 15.5 Å². The van der Waals surface area contributed by atoms with Crippen LogP contribution in [0.15, 0.2) is 42.6 Å². The molecule has 2 heterocycles. The molecule has 0 bridgehead atoms. The third-order valence-electron chi connectivity index (χ3n) is 4.25. The summed E-state index contributed by atoms with van der Waals surface area (Å²) in [6.07, 6.45) is 1.78. The van der Waals surface area contributed by atoms with Gasteiger partial charge in [0.2, 0.25) is 0 Å².